The molecule has 70 valence electrons. The van der Waals surface area contributed by atoms with E-state index in [9.17, 15) is 0 Å². The third-order valence-corrected chi connectivity index (χ3v) is 2.21. The molecule has 1 aromatic rings. The van der Waals surface area contributed by atoms with Crippen LogP contribution in [0.15, 0.2) is 22.7 Å². The Morgan fingerprint density at radius 2 is 2.15 bits per heavy atom. The van der Waals surface area contributed by atoms with Crippen LogP contribution < -0.4 is 10.2 Å². The van der Waals surface area contributed by atoms with Gasteiger partial charge >= 0.3 is 7.12 Å². The van der Waals surface area contributed by atoms with Gasteiger partial charge < -0.3 is 14.8 Å². The smallest absolute Gasteiger partial charge is 0.488 e. The summed E-state index contributed by atoms with van der Waals surface area (Å²) in [4.78, 5) is 0. The van der Waals surface area contributed by atoms with E-state index in [0.29, 0.717) is 17.8 Å². The zero-order chi connectivity index (χ0) is 9.84. The molecule has 0 heterocycles. The van der Waals surface area contributed by atoms with Crippen molar-refractivity contribution in [3.63, 3.8) is 0 Å². The van der Waals surface area contributed by atoms with E-state index in [1.165, 1.54) is 0 Å². The third-order valence-electron chi connectivity index (χ3n) is 1.55. The van der Waals surface area contributed by atoms with Gasteiger partial charge in [0.15, 0.2) is 0 Å². The summed E-state index contributed by atoms with van der Waals surface area (Å²) in [5, 5.41) is 17.8. The maximum absolute atomic E-state index is 8.89. The lowest BCUT2D eigenvalue weighted by molar-refractivity contribution is 0.338. The molecule has 1 rings (SSSR count). The Labute approximate surface area is 85.6 Å². The highest BCUT2D eigenvalue weighted by Gasteiger charge is 2.12. The van der Waals surface area contributed by atoms with Gasteiger partial charge in [-0.15, -0.1) is 0 Å². The van der Waals surface area contributed by atoms with Crippen molar-refractivity contribution in [2.75, 3.05) is 6.61 Å². The van der Waals surface area contributed by atoms with E-state index in [4.69, 9.17) is 14.8 Å². The summed E-state index contributed by atoms with van der Waals surface area (Å²) in [6, 6.07) is 4.94. The van der Waals surface area contributed by atoms with Crippen LogP contribution in [0.2, 0.25) is 0 Å². The van der Waals surface area contributed by atoms with Crippen molar-refractivity contribution in [3.05, 3.63) is 22.7 Å². The Morgan fingerprint density at radius 1 is 1.46 bits per heavy atom. The fourth-order valence-electron chi connectivity index (χ4n) is 0.947. The highest BCUT2D eigenvalue weighted by atomic mass is 79.9. The predicted molar refractivity (Wildman–Crippen MR) is 55.1 cm³/mol. The van der Waals surface area contributed by atoms with E-state index in [-0.39, 0.29) is 0 Å². The average molecular weight is 245 g/mol. The minimum atomic E-state index is -1.45. The zero-order valence-electron chi connectivity index (χ0n) is 7.20. The van der Waals surface area contributed by atoms with E-state index < -0.39 is 7.12 Å². The zero-order valence-corrected chi connectivity index (χ0v) is 8.78. The minimum absolute atomic E-state index is 0.423. The fourth-order valence-corrected chi connectivity index (χ4v) is 1.31. The van der Waals surface area contributed by atoms with E-state index in [1.807, 2.05) is 6.92 Å². The first-order valence-electron chi connectivity index (χ1n) is 3.93. The fraction of sp³-hybridized carbons (Fsp3) is 0.250. The summed E-state index contributed by atoms with van der Waals surface area (Å²) in [5.74, 6) is 0.619. The Hall–Kier alpha value is -0.515. The van der Waals surface area contributed by atoms with Crippen LogP contribution in [0.1, 0.15) is 6.92 Å². The highest BCUT2D eigenvalue weighted by molar-refractivity contribution is 9.10. The maximum atomic E-state index is 8.89. The van der Waals surface area contributed by atoms with E-state index in [1.54, 1.807) is 18.2 Å². The first kappa shape index (κ1) is 10.6. The molecule has 0 spiro atoms. The molecule has 0 radical (unpaired) electrons. The summed E-state index contributed by atoms with van der Waals surface area (Å²) in [6.07, 6.45) is 0. The summed E-state index contributed by atoms with van der Waals surface area (Å²) >= 11 is 3.29. The summed E-state index contributed by atoms with van der Waals surface area (Å²) in [5.41, 5.74) is 0.423. The summed E-state index contributed by atoms with van der Waals surface area (Å²) < 4.78 is 6.06. The molecule has 0 fully saturated rings. The first-order chi connectivity index (χ1) is 6.15. The van der Waals surface area contributed by atoms with Crippen LogP contribution in [0, 0.1) is 0 Å². The van der Waals surface area contributed by atoms with Crippen LogP contribution in [0.25, 0.3) is 0 Å². The SMILES string of the molecule is CCOc1cc(B(O)O)ccc1Br. The Balaban J connectivity index is 2.97. The lowest BCUT2D eigenvalue weighted by Crippen LogP contribution is -2.29. The molecule has 0 unspecified atom stereocenters. The van der Waals surface area contributed by atoms with Crippen LogP contribution in [0.5, 0.6) is 5.75 Å². The van der Waals surface area contributed by atoms with Crippen LogP contribution in [-0.4, -0.2) is 23.8 Å². The van der Waals surface area contributed by atoms with Gasteiger partial charge in [-0.05, 0) is 40.4 Å². The van der Waals surface area contributed by atoms with Crippen molar-refractivity contribution in [3.8, 4) is 5.75 Å². The largest absolute Gasteiger partial charge is 0.493 e. The van der Waals surface area contributed by atoms with Gasteiger partial charge in [0.2, 0.25) is 0 Å². The van der Waals surface area contributed by atoms with Gasteiger partial charge in [0.05, 0.1) is 11.1 Å². The minimum Gasteiger partial charge on any atom is -0.493 e. The molecule has 1 aromatic carbocycles. The van der Waals surface area contributed by atoms with E-state index in [2.05, 4.69) is 15.9 Å². The van der Waals surface area contributed by atoms with Gasteiger partial charge in [-0.2, -0.15) is 0 Å². The van der Waals surface area contributed by atoms with Crippen LogP contribution in [-0.2, 0) is 0 Å². The Kier molecular flexibility index (Phi) is 3.78. The molecule has 0 bridgehead atoms. The van der Waals surface area contributed by atoms with Crippen molar-refractivity contribution in [2.24, 2.45) is 0 Å². The van der Waals surface area contributed by atoms with Gasteiger partial charge in [-0.25, -0.2) is 0 Å². The molecule has 13 heavy (non-hydrogen) atoms. The third kappa shape index (κ3) is 2.72. The molecule has 0 amide bonds. The van der Waals surface area contributed by atoms with Gasteiger partial charge in [0.1, 0.15) is 5.75 Å². The standard InChI is InChI=1S/C8H10BBrO3/c1-2-13-8-5-6(9(11)12)3-4-7(8)10/h3-5,11-12H,2H2,1H3. The number of hydrogen-bond acceptors (Lipinski definition) is 3. The molecule has 0 aromatic heterocycles. The molecule has 0 atom stereocenters. The topological polar surface area (TPSA) is 49.7 Å². The molecule has 0 saturated heterocycles. The average Bonchev–Trinajstić information content (AvgIpc) is 2.08. The second kappa shape index (κ2) is 4.65. The Morgan fingerprint density at radius 3 is 2.69 bits per heavy atom. The van der Waals surface area contributed by atoms with Crippen molar-refractivity contribution >= 4 is 28.5 Å². The van der Waals surface area contributed by atoms with Gasteiger partial charge in [0, 0.05) is 0 Å². The molecule has 0 saturated carbocycles. The molecule has 0 aliphatic carbocycles. The van der Waals surface area contributed by atoms with E-state index in [0.717, 1.165) is 4.47 Å². The molecule has 5 heteroatoms. The van der Waals surface area contributed by atoms with Crippen molar-refractivity contribution in [1.82, 2.24) is 0 Å². The summed E-state index contributed by atoms with van der Waals surface area (Å²) in [6.45, 7) is 2.41. The quantitative estimate of drug-likeness (QED) is 0.763. The molecule has 3 nitrogen and oxygen atoms in total. The van der Waals surface area contributed by atoms with Crippen molar-refractivity contribution in [2.45, 2.75) is 6.92 Å². The number of rotatable bonds is 3. The lowest BCUT2D eigenvalue weighted by Gasteiger charge is -2.07. The normalized spacial score (nSPS) is 9.85. The van der Waals surface area contributed by atoms with Crippen LogP contribution in [0.4, 0.5) is 0 Å². The monoisotopic (exact) mass is 244 g/mol. The summed E-state index contributed by atoms with van der Waals surface area (Å²) in [7, 11) is -1.45. The van der Waals surface area contributed by atoms with Crippen LogP contribution >= 0.6 is 15.9 Å². The van der Waals surface area contributed by atoms with Gasteiger partial charge in [0.25, 0.3) is 0 Å². The molecule has 0 aliphatic heterocycles. The Bertz CT molecular complexity index is 291. The predicted octanol–water partition coefficient (Wildman–Crippen LogP) is 0.528. The molecule has 0 aliphatic rings. The van der Waals surface area contributed by atoms with Gasteiger partial charge in [-0.3, -0.25) is 0 Å². The number of hydrogen-bond donors (Lipinski definition) is 2. The second-order valence-electron chi connectivity index (χ2n) is 2.50. The number of halogens is 1. The molecule has 2 N–H and O–H groups in total. The first-order valence-corrected chi connectivity index (χ1v) is 4.72. The van der Waals surface area contributed by atoms with Crippen molar-refractivity contribution < 1.29 is 14.8 Å². The number of ether oxygens (including phenoxy) is 1. The number of benzene rings is 1. The maximum Gasteiger partial charge on any atom is 0.488 e. The van der Waals surface area contributed by atoms with Crippen molar-refractivity contribution in [1.29, 1.82) is 0 Å². The highest BCUT2D eigenvalue weighted by Crippen LogP contribution is 2.22. The van der Waals surface area contributed by atoms with E-state index >= 15 is 0 Å². The molecular formula is C8H10BBrO3. The van der Waals surface area contributed by atoms with Gasteiger partial charge in [-0.1, -0.05) is 6.07 Å². The lowest BCUT2D eigenvalue weighted by atomic mass is 9.80. The molecular weight excluding hydrogens is 235 g/mol. The van der Waals surface area contributed by atoms with Crippen LogP contribution in [0.3, 0.4) is 0 Å². The second-order valence-corrected chi connectivity index (χ2v) is 3.35.